The van der Waals surface area contributed by atoms with Gasteiger partial charge in [-0.25, -0.2) is 4.68 Å². The van der Waals surface area contributed by atoms with Gasteiger partial charge >= 0.3 is 0 Å². The molecule has 0 spiro atoms. The van der Waals surface area contributed by atoms with Gasteiger partial charge in [0.2, 0.25) is 0 Å². The van der Waals surface area contributed by atoms with Crippen LogP contribution < -0.4 is 11.5 Å². The molecule has 5 N–H and O–H groups in total. The van der Waals surface area contributed by atoms with E-state index in [1.54, 1.807) is 12.1 Å². The summed E-state index contributed by atoms with van der Waals surface area (Å²) in [5.41, 5.74) is 11.5. The summed E-state index contributed by atoms with van der Waals surface area (Å²) in [6.07, 6.45) is 1.45. The van der Waals surface area contributed by atoms with Crippen molar-refractivity contribution in [3.05, 3.63) is 36.0 Å². The van der Waals surface area contributed by atoms with Crippen LogP contribution in [0.25, 0.3) is 5.69 Å². The van der Waals surface area contributed by atoms with E-state index in [1.165, 1.54) is 23.0 Å². The number of hydrogen-bond donors (Lipinski definition) is 3. The van der Waals surface area contributed by atoms with Crippen molar-refractivity contribution in [2.24, 2.45) is 5.73 Å². The lowest BCUT2D eigenvalue weighted by molar-refractivity contribution is 0.100. The molecule has 1 aromatic heterocycles. The van der Waals surface area contributed by atoms with Crippen molar-refractivity contribution in [3.63, 3.8) is 0 Å². The number of primary amides is 1. The second kappa shape index (κ2) is 3.58. The normalized spacial score (nSPS) is 10.2. The number of anilines is 1. The van der Waals surface area contributed by atoms with Gasteiger partial charge in [-0.3, -0.25) is 4.79 Å². The predicted octanol–water partition coefficient (Wildman–Crippen LogP) is 0.259. The summed E-state index contributed by atoms with van der Waals surface area (Å²) in [6, 6.07) is 6.31. The Morgan fingerprint density at radius 3 is 2.44 bits per heavy atom. The van der Waals surface area contributed by atoms with Crippen LogP contribution in [0.4, 0.5) is 5.82 Å². The lowest BCUT2D eigenvalue weighted by atomic mass is 10.3. The third kappa shape index (κ3) is 1.68. The zero-order valence-electron chi connectivity index (χ0n) is 8.29. The van der Waals surface area contributed by atoms with E-state index in [4.69, 9.17) is 16.6 Å². The minimum atomic E-state index is -0.623. The quantitative estimate of drug-likeness (QED) is 0.671. The molecule has 0 saturated carbocycles. The molecule has 82 valence electrons. The third-order valence-electron chi connectivity index (χ3n) is 2.12. The van der Waals surface area contributed by atoms with Gasteiger partial charge in [0.25, 0.3) is 5.91 Å². The SMILES string of the molecule is NC(=O)c1cn(-c2ccc(O)cc2)nc1N. The summed E-state index contributed by atoms with van der Waals surface area (Å²) in [6.45, 7) is 0. The Balaban J connectivity index is 2.45. The second-order valence-corrected chi connectivity index (χ2v) is 3.25. The monoisotopic (exact) mass is 218 g/mol. The van der Waals surface area contributed by atoms with Crippen molar-refractivity contribution in [2.45, 2.75) is 0 Å². The molecule has 0 saturated heterocycles. The van der Waals surface area contributed by atoms with Crippen molar-refractivity contribution in [1.82, 2.24) is 9.78 Å². The number of amides is 1. The van der Waals surface area contributed by atoms with E-state index >= 15 is 0 Å². The van der Waals surface area contributed by atoms with Crippen molar-refractivity contribution < 1.29 is 9.90 Å². The number of nitrogens with zero attached hydrogens (tertiary/aromatic N) is 2. The van der Waals surface area contributed by atoms with Gasteiger partial charge in [-0.1, -0.05) is 0 Å². The first-order chi connectivity index (χ1) is 7.58. The van der Waals surface area contributed by atoms with Crippen molar-refractivity contribution in [2.75, 3.05) is 5.73 Å². The molecular weight excluding hydrogens is 208 g/mol. The molecule has 0 aliphatic carbocycles. The number of carbonyl (C=O) groups is 1. The molecule has 0 aliphatic rings. The van der Waals surface area contributed by atoms with E-state index in [9.17, 15) is 4.79 Å². The van der Waals surface area contributed by atoms with E-state index in [-0.39, 0.29) is 17.1 Å². The van der Waals surface area contributed by atoms with Gasteiger partial charge in [0.05, 0.1) is 5.69 Å². The Hall–Kier alpha value is -2.50. The van der Waals surface area contributed by atoms with E-state index in [0.717, 1.165) is 0 Å². The highest BCUT2D eigenvalue weighted by Gasteiger charge is 2.11. The van der Waals surface area contributed by atoms with Gasteiger partial charge in [0.1, 0.15) is 11.3 Å². The predicted molar refractivity (Wildman–Crippen MR) is 58.2 cm³/mol. The summed E-state index contributed by atoms with van der Waals surface area (Å²) in [5.74, 6) is -0.387. The van der Waals surface area contributed by atoms with Crippen LogP contribution in [-0.2, 0) is 0 Å². The highest BCUT2D eigenvalue weighted by molar-refractivity contribution is 5.96. The Bertz CT molecular complexity index is 530. The first-order valence-corrected chi connectivity index (χ1v) is 4.52. The molecule has 0 atom stereocenters. The number of aromatic nitrogens is 2. The lowest BCUT2D eigenvalue weighted by Gasteiger charge is -1.99. The number of aromatic hydroxyl groups is 1. The maximum absolute atomic E-state index is 11.0. The molecule has 0 radical (unpaired) electrons. The van der Waals surface area contributed by atoms with Crippen LogP contribution in [0.15, 0.2) is 30.5 Å². The number of phenols is 1. The highest BCUT2D eigenvalue weighted by atomic mass is 16.3. The van der Waals surface area contributed by atoms with Crippen LogP contribution in [-0.4, -0.2) is 20.8 Å². The Morgan fingerprint density at radius 1 is 1.31 bits per heavy atom. The molecule has 0 fully saturated rings. The molecule has 1 amide bonds. The van der Waals surface area contributed by atoms with Crippen molar-refractivity contribution in [3.8, 4) is 11.4 Å². The maximum Gasteiger partial charge on any atom is 0.254 e. The van der Waals surface area contributed by atoms with Crippen LogP contribution in [0.3, 0.4) is 0 Å². The number of hydrogen-bond acceptors (Lipinski definition) is 4. The molecule has 1 aromatic carbocycles. The summed E-state index contributed by atoms with van der Waals surface area (Å²) in [4.78, 5) is 11.0. The number of phenolic OH excluding ortho intramolecular Hbond substituents is 1. The van der Waals surface area contributed by atoms with Crippen molar-refractivity contribution in [1.29, 1.82) is 0 Å². The van der Waals surface area contributed by atoms with Gasteiger partial charge in [-0.05, 0) is 24.3 Å². The molecular formula is C10H10N4O2. The molecule has 2 aromatic rings. The first kappa shape index (κ1) is 10.0. The summed E-state index contributed by atoms with van der Waals surface area (Å²) in [5, 5.41) is 13.1. The van der Waals surface area contributed by atoms with Gasteiger partial charge < -0.3 is 16.6 Å². The molecule has 0 aliphatic heterocycles. The number of carbonyl (C=O) groups excluding carboxylic acids is 1. The largest absolute Gasteiger partial charge is 0.508 e. The summed E-state index contributed by atoms with van der Waals surface area (Å²) < 4.78 is 1.43. The van der Waals surface area contributed by atoms with Gasteiger partial charge in [0, 0.05) is 6.20 Å². The zero-order chi connectivity index (χ0) is 11.7. The molecule has 0 unspecified atom stereocenters. The van der Waals surface area contributed by atoms with E-state index < -0.39 is 5.91 Å². The smallest absolute Gasteiger partial charge is 0.254 e. The second-order valence-electron chi connectivity index (χ2n) is 3.25. The third-order valence-corrected chi connectivity index (χ3v) is 2.12. The minimum Gasteiger partial charge on any atom is -0.508 e. The average Bonchev–Trinajstić information content (AvgIpc) is 2.61. The van der Waals surface area contributed by atoms with Gasteiger partial charge in [0.15, 0.2) is 5.82 Å². The highest BCUT2D eigenvalue weighted by Crippen LogP contribution is 2.16. The van der Waals surface area contributed by atoms with Crippen LogP contribution in [0.2, 0.25) is 0 Å². The van der Waals surface area contributed by atoms with Crippen LogP contribution >= 0.6 is 0 Å². The maximum atomic E-state index is 11.0. The number of rotatable bonds is 2. The van der Waals surface area contributed by atoms with E-state index in [1.807, 2.05) is 0 Å². The Labute approximate surface area is 91.1 Å². The Morgan fingerprint density at radius 2 is 1.94 bits per heavy atom. The number of nitrogen functional groups attached to an aromatic ring is 1. The van der Waals surface area contributed by atoms with E-state index in [2.05, 4.69) is 5.10 Å². The number of nitrogens with two attached hydrogens (primary N) is 2. The fourth-order valence-corrected chi connectivity index (χ4v) is 1.31. The zero-order valence-corrected chi connectivity index (χ0v) is 8.29. The molecule has 2 rings (SSSR count). The van der Waals surface area contributed by atoms with Crippen LogP contribution in [0.5, 0.6) is 5.75 Å². The minimum absolute atomic E-state index is 0.0839. The summed E-state index contributed by atoms with van der Waals surface area (Å²) in [7, 11) is 0. The first-order valence-electron chi connectivity index (χ1n) is 4.52. The Kier molecular flexibility index (Phi) is 2.24. The van der Waals surface area contributed by atoms with E-state index in [0.29, 0.717) is 5.69 Å². The molecule has 6 nitrogen and oxygen atoms in total. The molecule has 16 heavy (non-hydrogen) atoms. The number of benzene rings is 1. The van der Waals surface area contributed by atoms with Crippen LogP contribution in [0.1, 0.15) is 10.4 Å². The molecule has 0 bridgehead atoms. The van der Waals surface area contributed by atoms with Crippen LogP contribution in [0, 0.1) is 0 Å². The average molecular weight is 218 g/mol. The fraction of sp³-hybridized carbons (Fsp3) is 0. The standard InChI is InChI=1S/C10H10N4O2/c11-9-8(10(12)16)5-14(13-9)6-1-3-7(15)4-2-6/h1-5,15H,(H2,11,13)(H2,12,16). The molecule has 6 heteroatoms. The van der Waals surface area contributed by atoms with Gasteiger partial charge in [-0.15, -0.1) is 5.10 Å². The molecule has 1 heterocycles. The topological polar surface area (TPSA) is 107 Å². The van der Waals surface area contributed by atoms with Gasteiger partial charge in [-0.2, -0.15) is 0 Å². The van der Waals surface area contributed by atoms with Crippen molar-refractivity contribution >= 4 is 11.7 Å². The summed E-state index contributed by atoms with van der Waals surface area (Å²) >= 11 is 0. The fourth-order valence-electron chi connectivity index (χ4n) is 1.31. The lowest BCUT2D eigenvalue weighted by Crippen LogP contribution is -2.11.